The lowest BCUT2D eigenvalue weighted by atomic mass is 9.93. The number of alkyl carbamates (subject to hydrolysis) is 1. The van der Waals surface area contributed by atoms with Gasteiger partial charge in [-0.05, 0) is 64.2 Å². The molecular weight excluding hydrogens is 466 g/mol. The number of carbonyl (C=O) groups excluding carboxylic acids is 3. The van der Waals surface area contributed by atoms with E-state index in [4.69, 9.17) is 4.74 Å². The van der Waals surface area contributed by atoms with Gasteiger partial charge in [-0.2, -0.15) is 0 Å². The highest BCUT2D eigenvalue weighted by molar-refractivity contribution is 5.91. The molecule has 0 saturated heterocycles. The Kier molecular flexibility index (Phi) is 14.9. The van der Waals surface area contributed by atoms with Crippen LogP contribution in [0.4, 0.5) is 4.79 Å². The molecule has 210 valence electrons. The number of unbranched alkanes of at least 4 members (excludes halogenated alkanes) is 7. The van der Waals surface area contributed by atoms with Crippen LogP contribution in [0.15, 0.2) is 18.2 Å². The highest BCUT2D eigenvalue weighted by atomic mass is 16.6. The van der Waals surface area contributed by atoms with Crippen LogP contribution >= 0.6 is 0 Å². The molecule has 1 rings (SSSR count). The molecule has 7 nitrogen and oxygen atoms in total. The largest absolute Gasteiger partial charge is 0.444 e. The van der Waals surface area contributed by atoms with Gasteiger partial charge in [-0.1, -0.05) is 77.0 Å². The van der Waals surface area contributed by atoms with E-state index in [-0.39, 0.29) is 18.4 Å². The Hall–Kier alpha value is -2.57. The maximum atomic E-state index is 13.6. The molecule has 1 unspecified atom stereocenters. The van der Waals surface area contributed by atoms with Gasteiger partial charge in [0.15, 0.2) is 0 Å². The monoisotopic (exact) mass is 517 g/mol. The van der Waals surface area contributed by atoms with Gasteiger partial charge < -0.3 is 20.3 Å². The van der Waals surface area contributed by atoms with E-state index < -0.39 is 17.7 Å². The van der Waals surface area contributed by atoms with Crippen molar-refractivity contribution in [3.8, 4) is 0 Å². The second kappa shape index (κ2) is 17.0. The number of hydrogen-bond acceptors (Lipinski definition) is 4. The molecule has 0 radical (unpaired) electrons. The topological polar surface area (TPSA) is 87.7 Å². The Morgan fingerprint density at radius 1 is 0.865 bits per heavy atom. The number of carbonyl (C=O) groups is 3. The Bertz CT molecular complexity index is 827. The molecule has 0 aliphatic rings. The van der Waals surface area contributed by atoms with E-state index >= 15 is 0 Å². The molecule has 0 aliphatic carbocycles. The minimum Gasteiger partial charge on any atom is -0.444 e. The van der Waals surface area contributed by atoms with Gasteiger partial charge in [-0.25, -0.2) is 4.79 Å². The summed E-state index contributed by atoms with van der Waals surface area (Å²) in [6, 6.07) is 5.17. The van der Waals surface area contributed by atoms with Crippen LogP contribution in [0.2, 0.25) is 0 Å². The average molecular weight is 518 g/mol. The van der Waals surface area contributed by atoms with Crippen molar-refractivity contribution in [2.75, 3.05) is 19.6 Å². The molecule has 3 amide bonds. The van der Waals surface area contributed by atoms with Gasteiger partial charge in [0.05, 0.1) is 0 Å². The van der Waals surface area contributed by atoms with Crippen LogP contribution in [0.1, 0.15) is 115 Å². The molecule has 0 spiro atoms. The van der Waals surface area contributed by atoms with Crippen LogP contribution < -0.4 is 10.6 Å². The quantitative estimate of drug-likeness (QED) is 0.250. The third kappa shape index (κ3) is 12.5. The normalized spacial score (nSPS) is 12.1. The summed E-state index contributed by atoms with van der Waals surface area (Å²) in [4.78, 5) is 41.1. The molecule has 0 aliphatic heterocycles. The standard InChI is InChI=1S/C30H51N3O4/c1-8-10-12-13-14-16-21-33(25(34)22-32-29(36)37-30(5,6)7)27(28(35)31-20-15-11-9-2)26-23(3)18-17-19-24(26)4/h17-19,27H,8-16,20-22H2,1-7H3,(H,31,35)(H,32,36). The van der Waals surface area contributed by atoms with Gasteiger partial charge in [0, 0.05) is 13.1 Å². The number of amides is 3. The second-order valence-corrected chi connectivity index (χ2v) is 10.9. The van der Waals surface area contributed by atoms with Crippen molar-refractivity contribution in [3.63, 3.8) is 0 Å². The van der Waals surface area contributed by atoms with Crippen LogP contribution in [0.5, 0.6) is 0 Å². The van der Waals surface area contributed by atoms with Crippen LogP contribution in [0, 0.1) is 13.8 Å². The van der Waals surface area contributed by atoms with Crippen molar-refractivity contribution in [1.82, 2.24) is 15.5 Å². The lowest BCUT2D eigenvalue weighted by Gasteiger charge is -2.33. The number of hydrogen-bond donors (Lipinski definition) is 2. The highest BCUT2D eigenvalue weighted by Gasteiger charge is 2.33. The first kappa shape index (κ1) is 32.5. The zero-order valence-electron chi connectivity index (χ0n) is 24.4. The van der Waals surface area contributed by atoms with Crippen molar-refractivity contribution in [3.05, 3.63) is 34.9 Å². The minimum absolute atomic E-state index is 0.176. The summed E-state index contributed by atoms with van der Waals surface area (Å²) in [5.41, 5.74) is 2.13. The fraction of sp³-hybridized carbons (Fsp3) is 0.700. The number of nitrogens with one attached hydrogen (secondary N) is 2. The summed E-state index contributed by atoms with van der Waals surface area (Å²) < 4.78 is 5.31. The molecule has 2 N–H and O–H groups in total. The molecule has 0 saturated carbocycles. The molecule has 37 heavy (non-hydrogen) atoms. The lowest BCUT2D eigenvalue weighted by Crippen LogP contribution is -2.48. The summed E-state index contributed by atoms with van der Waals surface area (Å²) in [7, 11) is 0. The molecule has 7 heteroatoms. The van der Waals surface area contributed by atoms with Crippen LogP contribution in [-0.2, 0) is 14.3 Å². The van der Waals surface area contributed by atoms with Gasteiger partial charge in [-0.3, -0.25) is 9.59 Å². The maximum absolute atomic E-state index is 13.6. The number of aryl methyl sites for hydroxylation is 2. The lowest BCUT2D eigenvalue weighted by molar-refractivity contribution is -0.140. The zero-order chi connectivity index (χ0) is 27.8. The molecule has 0 fully saturated rings. The van der Waals surface area contributed by atoms with Crippen LogP contribution in [-0.4, -0.2) is 48.0 Å². The first-order valence-electron chi connectivity index (χ1n) is 14.1. The fourth-order valence-electron chi connectivity index (χ4n) is 4.39. The Labute approximate surface area is 225 Å². The second-order valence-electron chi connectivity index (χ2n) is 10.9. The highest BCUT2D eigenvalue weighted by Crippen LogP contribution is 2.28. The Morgan fingerprint density at radius 2 is 1.43 bits per heavy atom. The Balaban J connectivity index is 3.21. The van der Waals surface area contributed by atoms with Crippen molar-refractivity contribution in [2.45, 2.75) is 118 Å². The van der Waals surface area contributed by atoms with Gasteiger partial charge in [-0.15, -0.1) is 0 Å². The minimum atomic E-state index is -0.758. The SMILES string of the molecule is CCCCCCCCN(C(=O)CNC(=O)OC(C)(C)C)C(C(=O)NCCCCC)c1c(C)cccc1C. The Morgan fingerprint density at radius 3 is 2.03 bits per heavy atom. The van der Waals surface area contributed by atoms with E-state index in [9.17, 15) is 14.4 Å². The third-order valence-electron chi connectivity index (χ3n) is 6.31. The average Bonchev–Trinajstić information content (AvgIpc) is 2.82. The van der Waals surface area contributed by atoms with Crippen molar-refractivity contribution in [1.29, 1.82) is 0 Å². The number of ether oxygens (including phenoxy) is 1. The van der Waals surface area contributed by atoms with Crippen LogP contribution in [0.3, 0.4) is 0 Å². The third-order valence-corrected chi connectivity index (χ3v) is 6.31. The molecule has 0 aromatic heterocycles. The van der Waals surface area contributed by atoms with Gasteiger partial charge in [0.1, 0.15) is 18.2 Å². The van der Waals surface area contributed by atoms with Gasteiger partial charge in [0.2, 0.25) is 11.8 Å². The van der Waals surface area contributed by atoms with E-state index in [1.165, 1.54) is 19.3 Å². The maximum Gasteiger partial charge on any atom is 0.408 e. The number of benzene rings is 1. The van der Waals surface area contributed by atoms with Crippen molar-refractivity contribution >= 4 is 17.9 Å². The molecule has 1 aromatic carbocycles. The summed E-state index contributed by atoms with van der Waals surface area (Å²) >= 11 is 0. The molecular formula is C30H51N3O4. The van der Waals surface area contributed by atoms with E-state index in [0.29, 0.717) is 13.1 Å². The summed E-state index contributed by atoms with van der Waals surface area (Å²) in [5, 5.41) is 5.66. The molecule has 1 aromatic rings. The molecule has 1 atom stereocenters. The van der Waals surface area contributed by atoms with E-state index in [2.05, 4.69) is 24.5 Å². The summed E-state index contributed by atoms with van der Waals surface area (Å²) in [6.07, 6.45) is 8.78. The number of nitrogens with zero attached hydrogens (tertiary/aromatic N) is 1. The van der Waals surface area contributed by atoms with Crippen molar-refractivity contribution < 1.29 is 19.1 Å². The summed E-state index contributed by atoms with van der Waals surface area (Å²) in [6.45, 7) is 14.4. The van der Waals surface area contributed by atoms with Crippen LogP contribution in [0.25, 0.3) is 0 Å². The number of rotatable bonds is 16. The molecule has 0 heterocycles. The van der Waals surface area contributed by atoms with E-state index in [1.54, 1.807) is 25.7 Å². The predicted molar refractivity (Wildman–Crippen MR) is 151 cm³/mol. The smallest absolute Gasteiger partial charge is 0.408 e. The van der Waals surface area contributed by atoms with E-state index in [1.807, 2.05) is 32.0 Å². The first-order chi connectivity index (χ1) is 17.5. The predicted octanol–water partition coefficient (Wildman–Crippen LogP) is 6.36. The van der Waals surface area contributed by atoms with E-state index in [0.717, 1.165) is 55.2 Å². The zero-order valence-corrected chi connectivity index (χ0v) is 24.4. The molecule has 0 bridgehead atoms. The van der Waals surface area contributed by atoms with Gasteiger partial charge >= 0.3 is 6.09 Å². The van der Waals surface area contributed by atoms with Crippen molar-refractivity contribution in [2.24, 2.45) is 0 Å². The first-order valence-corrected chi connectivity index (χ1v) is 14.1. The summed E-state index contributed by atoms with van der Waals surface area (Å²) in [5.74, 6) is -0.471. The van der Waals surface area contributed by atoms with Gasteiger partial charge in [0.25, 0.3) is 0 Å². The fourth-order valence-corrected chi connectivity index (χ4v) is 4.39.